The van der Waals surface area contributed by atoms with Crippen LogP contribution in [0.2, 0.25) is 0 Å². The summed E-state index contributed by atoms with van der Waals surface area (Å²) in [5, 5.41) is 6.24. The van der Waals surface area contributed by atoms with Crippen molar-refractivity contribution in [3.05, 3.63) is 53.6 Å². The number of amides is 2. The summed E-state index contributed by atoms with van der Waals surface area (Å²) in [5.74, 6) is 2.11. The zero-order valence-corrected chi connectivity index (χ0v) is 18.4. The highest BCUT2D eigenvalue weighted by atomic mass is 16.5. The molecule has 32 heavy (non-hydrogen) atoms. The van der Waals surface area contributed by atoms with E-state index in [-0.39, 0.29) is 29.6 Å². The topological polar surface area (TPSA) is 85.9 Å². The first kappa shape index (κ1) is 20.7. The van der Waals surface area contributed by atoms with Crippen LogP contribution in [-0.4, -0.2) is 31.8 Å². The van der Waals surface area contributed by atoms with Crippen molar-refractivity contribution in [2.24, 2.45) is 17.8 Å². The average Bonchev–Trinajstić information content (AvgIpc) is 2.82. The Hall–Kier alpha value is -3.22. The minimum Gasteiger partial charge on any atom is -0.497 e. The Morgan fingerprint density at radius 1 is 1.16 bits per heavy atom. The lowest BCUT2D eigenvalue weighted by molar-refractivity contribution is -0.146. The Morgan fingerprint density at radius 3 is 2.72 bits per heavy atom. The summed E-state index contributed by atoms with van der Waals surface area (Å²) >= 11 is 0. The van der Waals surface area contributed by atoms with Gasteiger partial charge in [-0.1, -0.05) is 12.1 Å². The van der Waals surface area contributed by atoms with Gasteiger partial charge in [0.05, 0.1) is 19.8 Å². The van der Waals surface area contributed by atoms with Crippen molar-refractivity contribution in [3.8, 4) is 17.2 Å². The number of methoxy groups -OCH3 is 2. The quantitative estimate of drug-likeness (QED) is 0.751. The van der Waals surface area contributed by atoms with Crippen molar-refractivity contribution in [1.29, 1.82) is 0 Å². The molecule has 7 nitrogen and oxygen atoms in total. The molecule has 3 saturated carbocycles. The van der Waals surface area contributed by atoms with Gasteiger partial charge in [-0.25, -0.2) is 0 Å². The third-order valence-electron chi connectivity index (χ3n) is 7.21. The van der Waals surface area contributed by atoms with Gasteiger partial charge in [-0.05, 0) is 55.0 Å². The number of nitrogens with one attached hydrogen (secondary N) is 2. The second kappa shape index (κ2) is 8.04. The first-order valence-electron chi connectivity index (χ1n) is 11.1. The van der Waals surface area contributed by atoms with E-state index in [0.717, 1.165) is 24.2 Å². The van der Waals surface area contributed by atoms with E-state index in [9.17, 15) is 9.59 Å². The minimum atomic E-state index is -0.747. The molecule has 4 atom stereocenters. The van der Waals surface area contributed by atoms with Gasteiger partial charge in [0, 0.05) is 30.9 Å². The first-order valence-corrected chi connectivity index (χ1v) is 11.1. The number of carbonyl (C=O) groups excluding carboxylic acids is 2. The average molecular weight is 437 g/mol. The Balaban J connectivity index is 1.29. The molecular formula is C25H28N2O5. The van der Waals surface area contributed by atoms with Crippen LogP contribution in [-0.2, 0) is 11.3 Å². The summed E-state index contributed by atoms with van der Waals surface area (Å²) < 4.78 is 17.0. The van der Waals surface area contributed by atoms with E-state index >= 15 is 0 Å². The van der Waals surface area contributed by atoms with E-state index in [1.54, 1.807) is 32.4 Å². The van der Waals surface area contributed by atoms with E-state index in [4.69, 9.17) is 14.2 Å². The molecule has 168 valence electrons. The van der Waals surface area contributed by atoms with Crippen molar-refractivity contribution in [1.82, 2.24) is 10.6 Å². The third-order valence-corrected chi connectivity index (χ3v) is 7.21. The predicted molar refractivity (Wildman–Crippen MR) is 118 cm³/mol. The van der Waals surface area contributed by atoms with E-state index in [2.05, 4.69) is 10.6 Å². The van der Waals surface area contributed by atoms with E-state index < -0.39 is 5.72 Å². The first-order chi connectivity index (χ1) is 15.5. The summed E-state index contributed by atoms with van der Waals surface area (Å²) in [5.41, 5.74) is 0.775. The van der Waals surface area contributed by atoms with Crippen LogP contribution in [0.3, 0.4) is 0 Å². The molecule has 3 aliphatic carbocycles. The smallest absolute Gasteiger partial charge is 0.258 e. The Kier molecular flexibility index (Phi) is 5.19. The van der Waals surface area contributed by atoms with Crippen LogP contribution in [0.1, 0.15) is 41.6 Å². The molecule has 1 heterocycles. The van der Waals surface area contributed by atoms with Gasteiger partial charge < -0.3 is 24.8 Å². The summed E-state index contributed by atoms with van der Waals surface area (Å²) in [6.07, 6.45) is 3.24. The number of carbonyl (C=O) groups is 2. The molecular weight excluding hydrogens is 408 g/mol. The van der Waals surface area contributed by atoms with Gasteiger partial charge in [-0.3, -0.25) is 9.59 Å². The highest BCUT2D eigenvalue weighted by Crippen LogP contribution is 2.52. The number of fused-ring (bicyclic) bond motifs is 3. The minimum absolute atomic E-state index is 0.0709. The number of rotatable bonds is 5. The maximum atomic E-state index is 13.0. The van der Waals surface area contributed by atoms with Crippen LogP contribution in [0.25, 0.3) is 0 Å². The van der Waals surface area contributed by atoms with Crippen LogP contribution in [0, 0.1) is 17.8 Å². The van der Waals surface area contributed by atoms with Crippen LogP contribution >= 0.6 is 0 Å². The monoisotopic (exact) mass is 436 g/mol. The van der Waals surface area contributed by atoms with Crippen LogP contribution in [0.15, 0.2) is 42.5 Å². The van der Waals surface area contributed by atoms with Crippen molar-refractivity contribution in [2.45, 2.75) is 38.0 Å². The molecule has 2 amide bonds. The lowest BCUT2D eigenvalue weighted by atomic mass is 9.60. The van der Waals surface area contributed by atoms with Crippen LogP contribution in [0.5, 0.6) is 17.2 Å². The maximum absolute atomic E-state index is 13.0. The molecule has 1 spiro atoms. The molecule has 2 N–H and O–H groups in total. The van der Waals surface area contributed by atoms with E-state index in [1.807, 2.05) is 24.3 Å². The van der Waals surface area contributed by atoms with Gasteiger partial charge in [0.15, 0.2) is 5.72 Å². The Morgan fingerprint density at radius 2 is 1.97 bits per heavy atom. The fourth-order valence-electron chi connectivity index (χ4n) is 5.54. The summed E-state index contributed by atoms with van der Waals surface area (Å²) in [4.78, 5) is 25.9. The molecule has 6 rings (SSSR count). The highest BCUT2D eigenvalue weighted by molar-refractivity contribution is 5.98. The van der Waals surface area contributed by atoms with Crippen LogP contribution < -0.4 is 24.8 Å². The van der Waals surface area contributed by atoms with Crippen molar-refractivity contribution >= 4 is 11.8 Å². The number of benzene rings is 2. The van der Waals surface area contributed by atoms with Gasteiger partial charge in [0.25, 0.3) is 5.91 Å². The molecule has 0 saturated heterocycles. The van der Waals surface area contributed by atoms with Crippen molar-refractivity contribution in [2.75, 3.05) is 14.2 Å². The van der Waals surface area contributed by atoms with Crippen molar-refractivity contribution < 1.29 is 23.8 Å². The molecule has 4 aliphatic rings. The molecule has 0 aromatic heterocycles. The SMILES string of the molecule is COc1cccc(CNC(=O)[C@H]2C[C@H]3CC[C@H]2C[C@@]32NC(=O)c3ccc(OC)cc3O2)c1. The molecule has 7 heteroatoms. The molecule has 3 fully saturated rings. The fraction of sp³-hybridized carbons (Fsp3) is 0.440. The Bertz CT molecular complexity index is 1050. The predicted octanol–water partition coefficient (Wildman–Crippen LogP) is 3.27. The lowest BCUT2D eigenvalue weighted by Crippen LogP contribution is -2.66. The second-order valence-electron chi connectivity index (χ2n) is 8.96. The third kappa shape index (κ3) is 3.55. The van der Waals surface area contributed by atoms with Crippen molar-refractivity contribution in [3.63, 3.8) is 0 Å². The molecule has 0 radical (unpaired) electrons. The lowest BCUT2D eigenvalue weighted by Gasteiger charge is -2.55. The molecule has 0 unspecified atom stereocenters. The number of ether oxygens (including phenoxy) is 3. The molecule has 2 bridgehead atoms. The highest BCUT2D eigenvalue weighted by Gasteiger charge is 2.57. The van der Waals surface area contributed by atoms with Gasteiger partial charge in [-0.15, -0.1) is 0 Å². The van der Waals surface area contributed by atoms with Gasteiger partial charge in [-0.2, -0.15) is 0 Å². The summed E-state index contributed by atoms with van der Waals surface area (Å²) in [7, 11) is 3.23. The largest absolute Gasteiger partial charge is 0.497 e. The maximum Gasteiger partial charge on any atom is 0.258 e. The zero-order valence-electron chi connectivity index (χ0n) is 18.4. The van der Waals surface area contributed by atoms with E-state index in [0.29, 0.717) is 36.4 Å². The number of hydrogen-bond donors (Lipinski definition) is 2. The molecule has 2 aromatic rings. The normalized spacial score (nSPS) is 27.8. The standard InChI is InChI=1S/C25H28N2O5/c1-30-18-5-3-4-15(10-18)14-26-23(28)21-11-17-7-6-16(21)13-25(17)27-24(29)20-9-8-19(31-2)12-22(20)32-25/h3-5,8-10,12,16-17,21H,6-7,11,13-14H2,1-2H3,(H,26,28)(H,27,29)/t16-,17+,21-,25-/m0/s1. The summed E-state index contributed by atoms with van der Waals surface area (Å²) in [6.45, 7) is 0.468. The molecule has 2 aromatic carbocycles. The van der Waals surface area contributed by atoms with Crippen LogP contribution in [0.4, 0.5) is 0 Å². The van der Waals surface area contributed by atoms with Gasteiger partial charge in [0.1, 0.15) is 17.2 Å². The second-order valence-corrected chi connectivity index (χ2v) is 8.96. The fourth-order valence-corrected chi connectivity index (χ4v) is 5.54. The molecule has 1 aliphatic heterocycles. The zero-order chi connectivity index (χ0) is 22.3. The van der Waals surface area contributed by atoms with E-state index in [1.165, 1.54) is 0 Å². The number of hydrogen-bond acceptors (Lipinski definition) is 5. The summed E-state index contributed by atoms with van der Waals surface area (Å²) in [6, 6.07) is 13.0. The van der Waals surface area contributed by atoms with Gasteiger partial charge >= 0.3 is 0 Å². The Labute approximate surface area is 187 Å². The van der Waals surface area contributed by atoms with Gasteiger partial charge in [0.2, 0.25) is 5.91 Å².